The number of likely N-dealkylation sites (N-methyl/N-ethyl adjacent to an activating group) is 1. The maximum atomic E-state index is 13.2. The summed E-state index contributed by atoms with van der Waals surface area (Å²) in [6, 6.07) is 12.0. The van der Waals surface area contributed by atoms with Crippen molar-refractivity contribution in [2.75, 3.05) is 20.2 Å². The number of aromatic amines is 1. The fourth-order valence-corrected chi connectivity index (χ4v) is 4.83. The lowest BCUT2D eigenvalue weighted by Gasteiger charge is -2.29. The molecular formula is C20H21N3O2S. The zero-order valence-corrected chi connectivity index (χ0v) is 15.9. The van der Waals surface area contributed by atoms with Crippen molar-refractivity contribution in [3.05, 3.63) is 42.0 Å². The van der Waals surface area contributed by atoms with Crippen molar-refractivity contribution in [2.24, 2.45) is 0 Å². The summed E-state index contributed by atoms with van der Waals surface area (Å²) in [6.45, 7) is 5.45. The number of rotatable bonds is 4. The Hall–Kier alpha value is -2.47. The molecule has 6 heteroatoms. The van der Waals surface area contributed by atoms with E-state index in [0.29, 0.717) is 19.0 Å². The number of benzene rings is 1. The average Bonchev–Trinajstić information content (AvgIpc) is 3.07. The molecule has 1 N–H and O–H groups in total. The topological polar surface area (TPSA) is 58.2 Å². The van der Waals surface area contributed by atoms with E-state index in [-0.39, 0.29) is 11.2 Å². The summed E-state index contributed by atoms with van der Waals surface area (Å²) < 4.78 is 5.26. The first-order valence-corrected chi connectivity index (χ1v) is 9.67. The number of carbonyl (C=O) groups excluding carboxylic acids is 1. The number of carbonyl (C=O) groups is 1. The van der Waals surface area contributed by atoms with Crippen LogP contribution in [0, 0.1) is 0 Å². The molecule has 1 unspecified atom stereocenters. The van der Waals surface area contributed by atoms with E-state index in [1.165, 1.54) is 0 Å². The van der Waals surface area contributed by atoms with E-state index in [9.17, 15) is 4.79 Å². The first kappa shape index (κ1) is 17.0. The Morgan fingerprint density at radius 3 is 2.73 bits per heavy atom. The van der Waals surface area contributed by atoms with Crippen LogP contribution in [0.2, 0.25) is 0 Å². The zero-order chi connectivity index (χ0) is 18.3. The van der Waals surface area contributed by atoms with E-state index in [2.05, 4.69) is 22.1 Å². The Bertz CT molecular complexity index is 978. The molecule has 3 heterocycles. The predicted octanol–water partition coefficient (Wildman–Crippen LogP) is 4.25. The van der Waals surface area contributed by atoms with Crippen LogP contribution >= 0.6 is 11.8 Å². The van der Waals surface area contributed by atoms with Gasteiger partial charge in [0.2, 0.25) is 11.8 Å². The van der Waals surface area contributed by atoms with E-state index in [4.69, 9.17) is 4.74 Å². The third-order valence-corrected chi connectivity index (χ3v) is 6.13. The van der Waals surface area contributed by atoms with E-state index < -0.39 is 0 Å². The fourth-order valence-electron chi connectivity index (χ4n) is 3.51. The van der Waals surface area contributed by atoms with Gasteiger partial charge in [-0.05, 0) is 26.0 Å². The summed E-state index contributed by atoms with van der Waals surface area (Å²) in [4.78, 5) is 24.2. The van der Waals surface area contributed by atoms with Gasteiger partial charge in [-0.1, -0.05) is 18.2 Å². The highest BCUT2D eigenvalue weighted by atomic mass is 32.2. The minimum absolute atomic E-state index is 0.146. The van der Waals surface area contributed by atoms with Crippen LogP contribution < -0.4 is 4.74 Å². The number of hydrogen-bond acceptors (Lipinski definition) is 4. The number of pyridine rings is 1. The highest BCUT2D eigenvalue weighted by Gasteiger charge is 2.35. The van der Waals surface area contributed by atoms with Crippen molar-refractivity contribution in [1.82, 2.24) is 14.9 Å². The lowest BCUT2D eigenvalue weighted by atomic mass is 10.0. The molecule has 26 heavy (non-hydrogen) atoms. The van der Waals surface area contributed by atoms with E-state index in [1.54, 1.807) is 18.9 Å². The Morgan fingerprint density at radius 2 is 2.00 bits per heavy atom. The van der Waals surface area contributed by atoms with Crippen LogP contribution in [-0.4, -0.2) is 41.0 Å². The van der Waals surface area contributed by atoms with Gasteiger partial charge in [-0.25, -0.2) is 0 Å². The average molecular weight is 367 g/mol. The Kier molecular flexibility index (Phi) is 4.36. The number of H-pyrrole nitrogens is 1. The van der Waals surface area contributed by atoms with Crippen molar-refractivity contribution in [3.8, 4) is 17.1 Å². The number of nitrogens with one attached hydrogen (secondary N) is 1. The second-order valence-electron chi connectivity index (χ2n) is 6.17. The second kappa shape index (κ2) is 6.68. The summed E-state index contributed by atoms with van der Waals surface area (Å²) in [6.07, 6.45) is 0. The lowest BCUT2D eigenvalue weighted by molar-refractivity contribution is -0.130. The van der Waals surface area contributed by atoms with Gasteiger partial charge in [0.25, 0.3) is 0 Å². The molecule has 0 aliphatic carbocycles. The van der Waals surface area contributed by atoms with Crippen LogP contribution in [0.1, 0.15) is 24.7 Å². The van der Waals surface area contributed by atoms with Crippen LogP contribution in [0.3, 0.4) is 0 Å². The van der Waals surface area contributed by atoms with Crippen LogP contribution in [0.4, 0.5) is 0 Å². The smallest absolute Gasteiger partial charge is 0.240 e. The number of thioether (sulfide) groups is 1. The standard InChI is InChI=1S/C20H21N3O2S/c1-4-23(5-2)20(24)18-16-13-10-11-15(25-3)21-19(13)22-17(16)12-8-6-7-9-14(12)26-18/h6-11,18H,4-5H2,1-3H3,(H,21,22). The van der Waals surface area contributed by atoms with Crippen LogP contribution in [0.5, 0.6) is 5.88 Å². The maximum absolute atomic E-state index is 13.2. The summed E-state index contributed by atoms with van der Waals surface area (Å²) in [5.74, 6) is 0.705. The molecule has 1 aromatic carbocycles. The number of hydrogen-bond donors (Lipinski definition) is 1. The minimum atomic E-state index is -0.274. The Balaban J connectivity index is 1.94. The second-order valence-corrected chi connectivity index (χ2v) is 7.31. The Morgan fingerprint density at radius 1 is 1.23 bits per heavy atom. The molecule has 0 spiro atoms. The normalized spacial score (nSPS) is 15.4. The summed E-state index contributed by atoms with van der Waals surface area (Å²) in [7, 11) is 1.61. The number of fused-ring (bicyclic) bond motifs is 5. The molecule has 3 aromatic rings. The Labute approximate surface area is 156 Å². The van der Waals surface area contributed by atoms with Crippen molar-refractivity contribution in [3.63, 3.8) is 0 Å². The molecule has 4 rings (SSSR count). The number of nitrogens with zero attached hydrogens (tertiary/aromatic N) is 2. The SMILES string of the molecule is CCN(CC)C(=O)C1Sc2ccccc2-c2[nH]c3nc(OC)ccc3c21. The van der Waals surface area contributed by atoms with Gasteiger partial charge in [0.05, 0.1) is 12.8 Å². The highest BCUT2D eigenvalue weighted by molar-refractivity contribution is 8.00. The van der Waals surface area contributed by atoms with Crippen molar-refractivity contribution >= 4 is 28.7 Å². The van der Waals surface area contributed by atoms with E-state index in [0.717, 1.165) is 32.7 Å². The van der Waals surface area contributed by atoms with Crippen LogP contribution in [0.15, 0.2) is 41.3 Å². The number of aromatic nitrogens is 2. The first-order chi connectivity index (χ1) is 12.7. The van der Waals surface area contributed by atoms with Crippen molar-refractivity contribution in [2.45, 2.75) is 24.0 Å². The first-order valence-electron chi connectivity index (χ1n) is 8.79. The van der Waals surface area contributed by atoms with Gasteiger partial charge >= 0.3 is 0 Å². The molecule has 1 aliphatic rings. The maximum Gasteiger partial charge on any atom is 0.240 e. The van der Waals surface area contributed by atoms with Crippen molar-refractivity contribution < 1.29 is 9.53 Å². The summed E-state index contributed by atoms with van der Waals surface area (Å²) in [5, 5.41) is 0.706. The quantitative estimate of drug-likeness (QED) is 0.749. The zero-order valence-electron chi connectivity index (χ0n) is 15.1. The summed E-state index contributed by atoms with van der Waals surface area (Å²) >= 11 is 1.63. The van der Waals surface area contributed by atoms with E-state index >= 15 is 0 Å². The van der Waals surface area contributed by atoms with Crippen LogP contribution in [0.25, 0.3) is 22.3 Å². The molecule has 134 valence electrons. The number of amides is 1. The van der Waals surface area contributed by atoms with Gasteiger partial charge in [-0.15, -0.1) is 11.8 Å². The third kappa shape index (κ3) is 2.56. The largest absolute Gasteiger partial charge is 0.481 e. The van der Waals surface area contributed by atoms with Crippen molar-refractivity contribution in [1.29, 1.82) is 0 Å². The third-order valence-electron chi connectivity index (χ3n) is 4.84. The van der Waals surface area contributed by atoms with Gasteiger partial charge in [0, 0.05) is 40.6 Å². The highest BCUT2D eigenvalue weighted by Crippen LogP contribution is 2.51. The number of methoxy groups -OCH3 is 1. The van der Waals surface area contributed by atoms with Gasteiger partial charge in [0.15, 0.2) is 0 Å². The summed E-state index contributed by atoms with van der Waals surface area (Å²) in [5.41, 5.74) is 3.88. The predicted molar refractivity (Wildman–Crippen MR) is 105 cm³/mol. The molecule has 0 fully saturated rings. The molecule has 0 saturated carbocycles. The molecule has 0 bridgehead atoms. The molecule has 0 radical (unpaired) electrons. The monoisotopic (exact) mass is 367 g/mol. The molecule has 1 aliphatic heterocycles. The van der Waals surface area contributed by atoms with Gasteiger partial charge < -0.3 is 14.6 Å². The van der Waals surface area contributed by atoms with Gasteiger partial charge in [-0.3, -0.25) is 4.79 Å². The number of ether oxygens (including phenoxy) is 1. The molecule has 0 saturated heterocycles. The van der Waals surface area contributed by atoms with Crippen LogP contribution in [-0.2, 0) is 4.79 Å². The molecule has 1 amide bonds. The van der Waals surface area contributed by atoms with Gasteiger partial charge in [0.1, 0.15) is 10.9 Å². The fraction of sp³-hybridized carbons (Fsp3) is 0.300. The van der Waals surface area contributed by atoms with E-state index in [1.807, 2.05) is 43.0 Å². The molecule has 1 atom stereocenters. The minimum Gasteiger partial charge on any atom is -0.481 e. The molecule has 2 aromatic heterocycles. The molecular weight excluding hydrogens is 346 g/mol. The lowest BCUT2D eigenvalue weighted by Crippen LogP contribution is -2.34. The van der Waals surface area contributed by atoms with Gasteiger partial charge in [-0.2, -0.15) is 4.98 Å². The molecule has 5 nitrogen and oxygen atoms in total.